The number of ether oxygens (including phenoxy) is 1. The Morgan fingerprint density at radius 1 is 0.957 bits per heavy atom. The van der Waals surface area contributed by atoms with E-state index < -0.39 is 7.14 Å². The minimum absolute atomic E-state index is 0.118. The largest absolute Gasteiger partial charge is 0.494 e. The van der Waals surface area contributed by atoms with Crippen molar-refractivity contribution in [1.82, 2.24) is 34.6 Å². The molecule has 1 aliphatic rings. The molecule has 12 nitrogen and oxygen atoms in total. The van der Waals surface area contributed by atoms with Crippen LogP contribution in [0, 0.1) is 0 Å². The van der Waals surface area contributed by atoms with Crippen molar-refractivity contribution in [3.63, 3.8) is 0 Å². The Morgan fingerprint density at radius 2 is 1.70 bits per heavy atom. The molecule has 6 rings (SSSR count). The number of rotatable bonds is 8. The summed E-state index contributed by atoms with van der Waals surface area (Å²) in [4.78, 5) is 23.0. The van der Waals surface area contributed by atoms with Gasteiger partial charge in [0, 0.05) is 80.2 Å². The summed E-state index contributed by atoms with van der Waals surface area (Å²) in [7, 11) is 0.773. The second-order valence-corrected chi connectivity index (χ2v) is 16.6. The molecule has 1 aliphatic heterocycles. The number of hydrogen-bond donors (Lipinski definition) is 2. The molecule has 5 aromatic rings. The first-order chi connectivity index (χ1) is 22.3. The molecule has 0 saturated carbocycles. The highest BCUT2D eigenvalue weighted by Gasteiger charge is 2.28. The summed E-state index contributed by atoms with van der Waals surface area (Å²) in [6.07, 6.45) is 8.60. The highest BCUT2D eigenvalue weighted by molar-refractivity contribution is 7.71. The van der Waals surface area contributed by atoms with E-state index in [1.165, 1.54) is 6.20 Å². The molecule has 0 unspecified atom stereocenters. The van der Waals surface area contributed by atoms with Crippen molar-refractivity contribution in [1.29, 1.82) is 0 Å². The average molecular weight is 675 g/mol. The Labute approximate surface area is 279 Å². The van der Waals surface area contributed by atoms with Crippen molar-refractivity contribution >= 4 is 63.9 Å². The van der Waals surface area contributed by atoms with Crippen LogP contribution >= 0.6 is 18.7 Å². The summed E-state index contributed by atoms with van der Waals surface area (Å²) in [6.45, 7) is 13.9. The Balaban J connectivity index is 1.35. The lowest BCUT2D eigenvalue weighted by Gasteiger charge is -2.43. The van der Waals surface area contributed by atoms with Crippen molar-refractivity contribution in [3.05, 3.63) is 60.3 Å². The minimum atomic E-state index is -2.79. The maximum Gasteiger partial charge on any atom is 0.229 e. The van der Waals surface area contributed by atoms with Crippen LogP contribution in [-0.4, -0.2) is 86.8 Å². The van der Waals surface area contributed by atoms with Gasteiger partial charge in [-0.05, 0) is 52.3 Å². The molecule has 0 aliphatic carbocycles. The summed E-state index contributed by atoms with van der Waals surface area (Å²) >= 11 is 6.59. The van der Waals surface area contributed by atoms with Gasteiger partial charge in [-0.2, -0.15) is 10.1 Å². The van der Waals surface area contributed by atoms with Crippen LogP contribution in [0.15, 0.2) is 55.2 Å². The van der Waals surface area contributed by atoms with Gasteiger partial charge in [0.1, 0.15) is 23.4 Å². The molecule has 0 amide bonds. The summed E-state index contributed by atoms with van der Waals surface area (Å²) in [5, 5.41) is 12.0. The van der Waals surface area contributed by atoms with Gasteiger partial charge in [-0.3, -0.25) is 19.5 Å². The number of aryl methyl sites for hydroxylation is 1. The van der Waals surface area contributed by atoms with Crippen molar-refractivity contribution < 1.29 is 9.30 Å². The molecule has 4 heterocycles. The first-order valence-corrected chi connectivity index (χ1v) is 18.4. The highest BCUT2D eigenvalue weighted by Crippen LogP contribution is 2.43. The molecule has 246 valence electrons. The number of benzene rings is 2. The van der Waals surface area contributed by atoms with E-state index in [1.807, 2.05) is 31.6 Å². The van der Waals surface area contributed by atoms with Crippen LogP contribution < -0.4 is 25.6 Å². The minimum Gasteiger partial charge on any atom is -0.494 e. The molecular weight excluding hydrogens is 635 g/mol. The van der Waals surface area contributed by atoms with Gasteiger partial charge in [-0.25, -0.2) is 4.98 Å². The number of piperazine rings is 1. The lowest BCUT2D eigenvalue weighted by Crippen LogP contribution is -2.53. The normalized spacial score (nSPS) is 14.4. The van der Waals surface area contributed by atoms with Crippen LogP contribution in [0.3, 0.4) is 0 Å². The van der Waals surface area contributed by atoms with Gasteiger partial charge in [0.15, 0.2) is 5.82 Å². The molecule has 47 heavy (non-hydrogen) atoms. The first-order valence-electron chi connectivity index (χ1n) is 15.4. The molecule has 3 aromatic heterocycles. The smallest absolute Gasteiger partial charge is 0.229 e. The lowest BCUT2D eigenvalue weighted by molar-refractivity contribution is 0.128. The third-order valence-electron chi connectivity index (χ3n) is 8.30. The number of aromatic nitrogens is 6. The van der Waals surface area contributed by atoms with Crippen LogP contribution in [0.4, 0.5) is 28.8 Å². The maximum absolute atomic E-state index is 13.4. The zero-order valence-corrected chi connectivity index (χ0v) is 29.4. The Hall–Kier alpha value is -4.25. The van der Waals surface area contributed by atoms with E-state index in [1.54, 1.807) is 37.5 Å². The molecule has 0 spiro atoms. The Morgan fingerprint density at radius 3 is 2.36 bits per heavy atom. The zero-order chi connectivity index (χ0) is 33.5. The molecule has 0 radical (unpaired) electrons. The predicted octanol–water partition coefficient (Wildman–Crippen LogP) is 6.14. The molecule has 0 bridgehead atoms. The van der Waals surface area contributed by atoms with Crippen LogP contribution in [0.1, 0.15) is 20.8 Å². The Bertz CT molecular complexity index is 1980. The standard InChI is InChI=1S/C33H40ClN10O2P/c1-33(2,3)44-14-12-43(13-15-44)27-17-28(46-5)26(16-22(27)21-18-38-42(4)20-21)40-32-37-19-23(34)31(41-32)39-25-9-8-24-29(36-11-10-35-24)30(25)47(6,7)45/h8-11,16-20H,12-15H2,1-7H3,(H2,37,39,40,41). The average Bonchev–Trinajstić information content (AvgIpc) is 3.47. The van der Waals surface area contributed by atoms with Gasteiger partial charge < -0.3 is 24.8 Å². The number of anilines is 5. The number of fused-ring (bicyclic) bond motifs is 1. The fourth-order valence-electron chi connectivity index (χ4n) is 5.94. The zero-order valence-electron chi connectivity index (χ0n) is 27.7. The number of nitrogens with zero attached hydrogens (tertiary/aromatic N) is 8. The fourth-order valence-corrected chi connectivity index (χ4v) is 7.47. The topological polar surface area (TPSA) is 126 Å². The summed E-state index contributed by atoms with van der Waals surface area (Å²) in [5.41, 5.74) is 5.69. The quantitative estimate of drug-likeness (QED) is 0.184. The van der Waals surface area contributed by atoms with Gasteiger partial charge in [-0.15, -0.1) is 0 Å². The van der Waals surface area contributed by atoms with Crippen LogP contribution in [0.25, 0.3) is 22.2 Å². The lowest BCUT2D eigenvalue weighted by atomic mass is 10.0. The van der Waals surface area contributed by atoms with Crippen molar-refractivity contribution in [2.45, 2.75) is 26.3 Å². The van der Waals surface area contributed by atoms with Crippen molar-refractivity contribution in [2.24, 2.45) is 7.05 Å². The molecule has 1 fully saturated rings. The number of nitrogens with one attached hydrogen (secondary N) is 2. The first kappa shape index (κ1) is 32.7. The van der Waals surface area contributed by atoms with Gasteiger partial charge >= 0.3 is 0 Å². The third-order valence-corrected chi connectivity index (χ3v) is 10.1. The maximum atomic E-state index is 13.4. The second-order valence-electron chi connectivity index (χ2n) is 13.0. The van der Waals surface area contributed by atoms with E-state index in [2.05, 4.69) is 73.4 Å². The van der Waals surface area contributed by atoms with Crippen molar-refractivity contribution in [3.8, 4) is 16.9 Å². The number of hydrogen-bond acceptors (Lipinski definition) is 11. The third kappa shape index (κ3) is 6.90. The van der Waals surface area contributed by atoms with E-state index in [0.29, 0.717) is 50.3 Å². The van der Waals surface area contributed by atoms with Crippen LogP contribution in [0.2, 0.25) is 5.02 Å². The van der Waals surface area contributed by atoms with Crippen LogP contribution in [0.5, 0.6) is 5.75 Å². The van der Waals surface area contributed by atoms with Crippen molar-refractivity contribution in [2.75, 3.05) is 62.2 Å². The van der Waals surface area contributed by atoms with Gasteiger partial charge in [0.05, 0.1) is 41.7 Å². The highest BCUT2D eigenvalue weighted by atomic mass is 35.5. The monoisotopic (exact) mass is 674 g/mol. The van der Waals surface area contributed by atoms with Gasteiger partial charge in [-0.1, -0.05) is 11.6 Å². The number of halogens is 1. The fraction of sp³-hybridized carbons (Fsp3) is 0.364. The summed E-state index contributed by atoms with van der Waals surface area (Å²) in [5.74, 6) is 1.30. The molecule has 1 saturated heterocycles. The van der Waals surface area contributed by atoms with E-state index in [-0.39, 0.29) is 5.54 Å². The van der Waals surface area contributed by atoms with Gasteiger partial charge in [0.25, 0.3) is 0 Å². The van der Waals surface area contributed by atoms with Crippen LogP contribution in [-0.2, 0) is 11.6 Å². The molecule has 0 atom stereocenters. The Kier molecular flexibility index (Phi) is 8.86. The summed E-state index contributed by atoms with van der Waals surface area (Å²) in [6, 6.07) is 7.76. The molecule has 2 N–H and O–H groups in total. The van der Waals surface area contributed by atoms with E-state index in [0.717, 1.165) is 43.0 Å². The van der Waals surface area contributed by atoms with E-state index in [4.69, 9.17) is 21.3 Å². The second kappa shape index (κ2) is 12.7. The molecule has 14 heteroatoms. The summed E-state index contributed by atoms with van der Waals surface area (Å²) < 4.78 is 21.1. The van der Waals surface area contributed by atoms with Gasteiger partial charge in [0.2, 0.25) is 5.95 Å². The van der Waals surface area contributed by atoms with E-state index in [9.17, 15) is 4.57 Å². The number of methoxy groups -OCH3 is 1. The molecule has 2 aromatic carbocycles. The predicted molar refractivity (Wildman–Crippen MR) is 191 cm³/mol. The van der Waals surface area contributed by atoms with E-state index >= 15 is 0 Å². The molecular formula is C33H40ClN10O2P. The SMILES string of the molecule is COc1cc(N2CCN(C(C)(C)C)CC2)c(-c2cnn(C)c2)cc1Nc1ncc(Cl)c(Nc2ccc3nccnc3c2P(C)(C)=O)n1.